The van der Waals surface area contributed by atoms with Gasteiger partial charge in [0.1, 0.15) is 30.2 Å². The maximum absolute atomic E-state index is 12.8. The first kappa shape index (κ1) is 23.5. The summed E-state index contributed by atoms with van der Waals surface area (Å²) in [6.45, 7) is 4.27. The molecule has 33 heavy (non-hydrogen) atoms. The summed E-state index contributed by atoms with van der Waals surface area (Å²) >= 11 is 0. The second-order valence-electron chi connectivity index (χ2n) is 7.81. The Morgan fingerprint density at radius 1 is 1.39 bits per heavy atom. The van der Waals surface area contributed by atoms with E-state index in [0.29, 0.717) is 24.9 Å². The SMILES string of the molecule is CC[C@]12COC([C@H](n3ccc(NC(=O)c4ccccc4)nc3=O)O1)[C@H]2OP(C)COCC#N. The first-order valence-corrected chi connectivity index (χ1v) is 12.4. The van der Waals surface area contributed by atoms with E-state index in [9.17, 15) is 9.59 Å². The van der Waals surface area contributed by atoms with Crippen LogP contribution in [0, 0.1) is 11.3 Å². The topological polar surface area (TPSA) is 125 Å². The Kier molecular flexibility index (Phi) is 7.17. The van der Waals surface area contributed by atoms with Crippen LogP contribution in [0.3, 0.4) is 0 Å². The number of nitrogens with zero attached hydrogens (tertiary/aromatic N) is 3. The molecule has 10 nitrogen and oxygen atoms in total. The van der Waals surface area contributed by atoms with Crippen LogP contribution in [0.5, 0.6) is 0 Å². The van der Waals surface area contributed by atoms with Crippen LogP contribution < -0.4 is 11.0 Å². The lowest BCUT2D eigenvalue weighted by Gasteiger charge is -2.31. The van der Waals surface area contributed by atoms with Gasteiger partial charge in [-0.2, -0.15) is 10.2 Å². The molecule has 1 amide bonds. The first-order chi connectivity index (χ1) is 16.0. The molecule has 3 heterocycles. The summed E-state index contributed by atoms with van der Waals surface area (Å²) in [6.07, 6.45) is 0.934. The zero-order chi connectivity index (χ0) is 23.4. The van der Waals surface area contributed by atoms with Gasteiger partial charge in [-0.25, -0.2) is 4.79 Å². The van der Waals surface area contributed by atoms with Crippen LogP contribution in [0.15, 0.2) is 47.4 Å². The van der Waals surface area contributed by atoms with Crippen molar-refractivity contribution < 1.29 is 23.5 Å². The number of aromatic nitrogens is 2. The Labute approximate surface area is 192 Å². The van der Waals surface area contributed by atoms with Gasteiger partial charge in [-0.05, 0) is 31.3 Å². The molecule has 174 valence electrons. The van der Waals surface area contributed by atoms with E-state index in [1.54, 1.807) is 30.3 Å². The molecule has 2 saturated heterocycles. The summed E-state index contributed by atoms with van der Waals surface area (Å²) in [4.78, 5) is 29.1. The van der Waals surface area contributed by atoms with Crippen molar-refractivity contribution in [3.05, 3.63) is 58.6 Å². The average Bonchev–Trinajstić information content (AvgIpc) is 3.32. The second-order valence-corrected chi connectivity index (χ2v) is 9.54. The van der Waals surface area contributed by atoms with Crippen molar-refractivity contribution in [2.45, 2.75) is 37.4 Å². The van der Waals surface area contributed by atoms with Crippen LogP contribution in [0.1, 0.15) is 29.9 Å². The van der Waals surface area contributed by atoms with Gasteiger partial charge in [0.15, 0.2) is 6.23 Å². The van der Waals surface area contributed by atoms with E-state index in [2.05, 4.69) is 10.3 Å². The molecule has 2 bridgehead atoms. The van der Waals surface area contributed by atoms with Crippen LogP contribution in [-0.2, 0) is 18.7 Å². The van der Waals surface area contributed by atoms with Gasteiger partial charge >= 0.3 is 5.69 Å². The lowest BCUT2D eigenvalue weighted by Crippen LogP contribution is -2.41. The van der Waals surface area contributed by atoms with E-state index in [1.807, 2.05) is 25.7 Å². The average molecular weight is 472 g/mol. The molecule has 1 aromatic carbocycles. The number of carbonyl (C=O) groups excluding carboxylic acids is 1. The van der Waals surface area contributed by atoms with Crippen LogP contribution in [-0.4, -0.2) is 59.5 Å². The molecule has 0 aliphatic carbocycles. The van der Waals surface area contributed by atoms with Gasteiger partial charge in [0, 0.05) is 11.8 Å². The van der Waals surface area contributed by atoms with Gasteiger partial charge in [0.05, 0.1) is 27.2 Å². The van der Waals surface area contributed by atoms with Crippen LogP contribution in [0.25, 0.3) is 0 Å². The Hall–Kier alpha value is -2.67. The quantitative estimate of drug-likeness (QED) is 0.436. The maximum atomic E-state index is 12.8. The van der Waals surface area contributed by atoms with Crippen LogP contribution in [0.2, 0.25) is 0 Å². The smallest absolute Gasteiger partial charge is 0.351 e. The molecule has 2 fully saturated rings. The monoisotopic (exact) mass is 472 g/mol. The van der Waals surface area contributed by atoms with E-state index < -0.39 is 31.8 Å². The number of hydrogen-bond acceptors (Lipinski definition) is 8. The van der Waals surface area contributed by atoms with Crippen LogP contribution in [0.4, 0.5) is 5.82 Å². The van der Waals surface area contributed by atoms with E-state index in [1.165, 1.54) is 10.8 Å². The third kappa shape index (κ3) is 4.83. The zero-order valence-electron chi connectivity index (χ0n) is 18.3. The van der Waals surface area contributed by atoms with Gasteiger partial charge in [-0.3, -0.25) is 9.36 Å². The summed E-state index contributed by atoms with van der Waals surface area (Å²) in [5.41, 5.74) is -0.781. The summed E-state index contributed by atoms with van der Waals surface area (Å²) < 4.78 is 25.2. The van der Waals surface area contributed by atoms with E-state index >= 15 is 0 Å². The standard InChI is InChI=1S/C22H25N4O6P/c1-3-22-13-30-17(18(22)32-33(2)14-29-12-10-23)20(31-22)26-11-9-16(25-21(26)28)24-19(27)15-7-5-4-6-8-15/h4-9,11,17-18,20H,3,12-14H2,1-2H3,(H,24,25,27,28)/t17?,18-,20-,22-,33?/m1/s1. The number of nitriles is 1. The van der Waals surface area contributed by atoms with Gasteiger partial charge in [0.25, 0.3) is 5.91 Å². The zero-order valence-corrected chi connectivity index (χ0v) is 19.2. The van der Waals surface area contributed by atoms with E-state index in [-0.39, 0.29) is 24.4 Å². The molecule has 2 aliphatic rings. The van der Waals surface area contributed by atoms with Gasteiger partial charge in [-0.1, -0.05) is 25.1 Å². The van der Waals surface area contributed by atoms with Crippen molar-refractivity contribution in [1.29, 1.82) is 5.26 Å². The Balaban J connectivity index is 1.48. The molecule has 2 aromatic rings. The summed E-state index contributed by atoms with van der Waals surface area (Å²) in [5, 5.41) is 11.3. The number of carbonyl (C=O) groups is 1. The third-order valence-electron chi connectivity index (χ3n) is 5.69. The Morgan fingerprint density at radius 3 is 2.88 bits per heavy atom. The number of nitrogens with one attached hydrogen (secondary N) is 1. The van der Waals surface area contributed by atoms with Gasteiger partial charge < -0.3 is 24.1 Å². The molecule has 2 aliphatic heterocycles. The normalized spacial score (nSPS) is 26.6. The minimum Gasteiger partial charge on any atom is -0.368 e. The summed E-state index contributed by atoms with van der Waals surface area (Å²) in [7, 11) is -0.971. The molecule has 2 unspecified atom stereocenters. The summed E-state index contributed by atoms with van der Waals surface area (Å²) in [6, 6.07) is 12.2. The molecule has 0 radical (unpaired) electrons. The number of fused-ring (bicyclic) bond motifs is 2. The highest BCUT2D eigenvalue weighted by molar-refractivity contribution is 7.51. The number of rotatable bonds is 9. The maximum Gasteiger partial charge on any atom is 0.351 e. The molecular weight excluding hydrogens is 447 g/mol. The Morgan fingerprint density at radius 2 is 2.18 bits per heavy atom. The molecule has 11 heteroatoms. The second kappa shape index (κ2) is 10.1. The fourth-order valence-corrected chi connectivity index (χ4v) is 5.11. The molecule has 4 rings (SSSR count). The lowest BCUT2D eigenvalue weighted by molar-refractivity contribution is -0.175. The molecule has 5 atom stereocenters. The molecule has 1 aromatic heterocycles. The van der Waals surface area contributed by atoms with E-state index in [4.69, 9.17) is 24.0 Å². The first-order valence-electron chi connectivity index (χ1n) is 10.5. The minimum absolute atomic E-state index is 0.00684. The molecule has 0 saturated carbocycles. The van der Waals surface area contributed by atoms with Gasteiger partial charge in [0.2, 0.25) is 0 Å². The largest absolute Gasteiger partial charge is 0.368 e. The highest BCUT2D eigenvalue weighted by Crippen LogP contribution is 2.52. The van der Waals surface area contributed by atoms with Crippen molar-refractivity contribution in [2.24, 2.45) is 0 Å². The van der Waals surface area contributed by atoms with Crippen molar-refractivity contribution in [2.75, 3.05) is 31.5 Å². The predicted molar refractivity (Wildman–Crippen MR) is 120 cm³/mol. The lowest BCUT2D eigenvalue weighted by atomic mass is 9.96. The number of ether oxygens (including phenoxy) is 3. The van der Waals surface area contributed by atoms with Crippen molar-refractivity contribution in [1.82, 2.24) is 9.55 Å². The highest BCUT2D eigenvalue weighted by atomic mass is 31.1. The Bertz CT molecular complexity index is 1090. The number of benzene rings is 1. The minimum atomic E-state index is -0.971. The fraction of sp³-hybridized carbons (Fsp3) is 0.455. The van der Waals surface area contributed by atoms with Crippen LogP contribution >= 0.6 is 8.15 Å². The molecule has 0 spiro atoms. The number of amides is 1. The third-order valence-corrected chi connectivity index (χ3v) is 6.82. The van der Waals surface area contributed by atoms with Crippen molar-refractivity contribution in [3.8, 4) is 6.07 Å². The number of anilines is 1. The molecular formula is C22H25N4O6P. The van der Waals surface area contributed by atoms with Gasteiger partial charge in [-0.15, -0.1) is 0 Å². The fourth-order valence-electron chi connectivity index (χ4n) is 4.00. The van der Waals surface area contributed by atoms with Crippen molar-refractivity contribution >= 4 is 19.9 Å². The molecule has 1 N–H and O–H groups in total. The summed E-state index contributed by atoms with van der Waals surface area (Å²) in [5.74, 6) is -0.202. The predicted octanol–water partition coefficient (Wildman–Crippen LogP) is 2.48. The van der Waals surface area contributed by atoms with Crippen molar-refractivity contribution in [3.63, 3.8) is 0 Å². The number of hydrogen-bond donors (Lipinski definition) is 1. The van der Waals surface area contributed by atoms with E-state index in [0.717, 1.165) is 0 Å². The highest BCUT2D eigenvalue weighted by Gasteiger charge is 2.62.